The standard InChI is InChI=1S/C39H27BrN2O/c1-3-9-26(4-2)27-14-18-32(19-15-27)42(37-24-31(40)23-35-34-12-7-8-13-38(34)43-39(35)37)33-20-16-28(17-21-33)36-22-29-10-5-6-11-30(29)25-41-36/h3-25H,1-2H2/b26-9+. The molecule has 206 valence electrons. The first-order valence-corrected chi connectivity index (χ1v) is 14.8. The van der Waals surface area contributed by atoms with Crippen molar-refractivity contribution in [1.29, 1.82) is 0 Å². The van der Waals surface area contributed by atoms with Gasteiger partial charge in [-0.1, -0.05) is 114 Å². The Balaban J connectivity index is 1.39. The third-order valence-corrected chi connectivity index (χ3v) is 8.15. The lowest BCUT2D eigenvalue weighted by Gasteiger charge is -2.26. The third-order valence-electron chi connectivity index (χ3n) is 7.69. The minimum atomic E-state index is 0.826. The first kappa shape index (κ1) is 26.7. The topological polar surface area (TPSA) is 29.3 Å². The van der Waals surface area contributed by atoms with Gasteiger partial charge in [-0.2, -0.15) is 0 Å². The average molecular weight is 620 g/mol. The fourth-order valence-electron chi connectivity index (χ4n) is 5.60. The molecular weight excluding hydrogens is 592 g/mol. The maximum atomic E-state index is 6.50. The molecule has 0 spiro atoms. The molecule has 2 heterocycles. The molecule has 0 radical (unpaired) electrons. The smallest absolute Gasteiger partial charge is 0.159 e. The van der Waals surface area contributed by atoms with Crippen molar-refractivity contribution in [2.45, 2.75) is 0 Å². The minimum absolute atomic E-state index is 0.826. The molecule has 43 heavy (non-hydrogen) atoms. The number of furan rings is 1. The fraction of sp³-hybridized carbons (Fsp3) is 0. The summed E-state index contributed by atoms with van der Waals surface area (Å²) in [6.07, 6.45) is 7.53. The maximum absolute atomic E-state index is 6.50. The molecule has 0 unspecified atom stereocenters. The molecule has 4 heteroatoms. The normalized spacial score (nSPS) is 11.7. The number of nitrogens with zero attached hydrogens (tertiary/aromatic N) is 2. The van der Waals surface area contributed by atoms with Crippen molar-refractivity contribution >= 4 is 71.3 Å². The van der Waals surface area contributed by atoms with E-state index in [2.05, 4.69) is 125 Å². The number of fused-ring (bicyclic) bond motifs is 4. The maximum Gasteiger partial charge on any atom is 0.159 e. The number of aromatic nitrogens is 1. The summed E-state index contributed by atoms with van der Waals surface area (Å²) in [6, 6.07) is 39.9. The molecule has 0 aliphatic heterocycles. The molecule has 0 N–H and O–H groups in total. The molecule has 0 saturated carbocycles. The van der Waals surface area contributed by atoms with E-state index in [1.807, 2.05) is 42.6 Å². The van der Waals surface area contributed by atoms with E-state index < -0.39 is 0 Å². The van der Waals surface area contributed by atoms with Crippen molar-refractivity contribution in [3.05, 3.63) is 163 Å². The van der Waals surface area contributed by atoms with E-state index in [9.17, 15) is 0 Å². The number of halogens is 1. The number of pyridine rings is 1. The van der Waals surface area contributed by atoms with Crippen molar-refractivity contribution in [3.8, 4) is 11.3 Å². The Hall–Kier alpha value is -5.19. The Kier molecular flexibility index (Phi) is 6.98. The Bertz CT molecular complexity index is 2170. The molecule has 0 aliphatic carbocycles. The van der Waals surface area contributed by atoms with Crippen LogP contribution in [0.4, 0.5) is 17.1 Å². The van der Waals surface area contributed by atoms with Gasteiger partial charge in [-0.05, 0) is 65.1 Å². The van der Waals surface area contributed by atoms with Crippen LogP contribution >= 0.6 is 15.9 Å². The van der Waals surface area contributed by atoms with E-state index in [0.29, 0.717) is 0 Å². The fourth-order valence-corrected chi connectivity index (χ4v) is 6.05. The highest BCUT2D eigenvalue weighted by Crippen LogP contribution is 2.44. The molecule has 5 aromatic carbocycles. The van der Waals surface area contributed by atoms with Gasteiger partial charge in [-0.25, -0.2) is 0 Å². The Morgan fingerprint density at radius 2 is 1.44 bits per heavy atom. The van der Waals surface area contributed by atoms with Crippen LogP contribution in [0.1, 0.15) is 5.56 Å². The lowest BCUT2D eigenvalue weighted by molar-refractivity contribution is 0.669. The number of benzene rings is 5. The number of hydrogen-bond donors (Lipinski definition) is 0. The second-order valence-electron chi connectivity index (χ2n) is 10.3. The molecule has 0 amide bonds. The predicted octanol–water partition coefficient (Wildman–Crippen LogP) is 11.8. The second kappa shape index (κ2) is 11.2. The Morgan fingerprint density at radius 3 is 2.19 bits per heavy atom. The van der Waals surface area contributed by atoms with Crippen LogP contribution in [-0.4, -0.2) is 4.98 Å². The van der Waals surface area contributed by atoms with Crippen LogP contribution in [0, 0.1) is 0 Å². The van der Waals surface area contributed by atoms with Crippen LogP contribution in [0.2, 0.25) is 0 Å². The lowest BCUT2D eigenvalue weighted by atomic mass is 10.0. The first-order chi connectivity index (χ1) is 21.1. The molecule has 3 nitrogen and oxygen atoms in total. The second-order valence-corrected chi connectivity index (χ2v) is 11.2. The van der Waals surface area contributed by atoms with Crippen molar-refractivity contribution in [2.75, 3.05) is 4.90 Å². The van der Waals surface area contributed by atoms with Gasteiger partial charge in [-0.15, -0.1) is 0 Å². The van der Waals surface area contributed by atoms with E-state index >= 15 is 0 Å². The number of para-hydroxylation sites is 1. The van der Waals surface area contributed by atoms with E-state index in [4.69, 9.17) is 9.40 Å². The third kappa shape index (κ3) is 4.96. The van der Waals surface area contributed by atoms with Crippen LogP contribution in [-0.2, 0) is 0 Å². The molecule has 0 fully saturated rings. The van der Waals surface area contributed by atoms with Crippen molar-refractivity contribution in [2.24, 2.45) is 0 Å². The van der Waals surface area contributed by atoms with Gasteiger partial charge in [0.15, 0.2) is 5.58 Å². The van der Waals surface area contributed by atoms with Gasteiger partial charge < -0.3 is 9.32 Å². The van der Waals surface area contributed by atoms with E-state index in [0.717, 1.165) is 71.3 Å². The summed E-state index contributed by atoms with van der Waals surface area (Å²) in [5.41, 5.74) is 8.71. The highest BCUT2D eigenvalue weighted by molar-refractivity contribution is 9.10. The van der Waals surface area contributed by atoms with Gasteiger partial charge >= 0.3 is 0 Å². The molecule has 0 bridgehead atoms. The zero-order chi connectivity index (χ0) is 29.3. The van der Waals surface area contributed by atoms with Crippen LogP contribution in [0.15, 0.2) is 162 Å². The summed E-state index contributed by atoms with van der Waals surface area (Å²) in [5, 5.41) is 4.44. The van der Waals surface area contributed by atoms with Gasteiger partial charge in [0.25, 0.3) is 0 Å². The zero-order valence-corrected chi connectivity index (χ0v) is 25.0. The summed E-state index contributed by atoms with van der Waals surface area (Å²) < 4.78 is 7.48. The lowest BCUT2D eigenvalue weighted by Crippen LogP contribution is -2.10. The SMILES string of the molecule is C=C/C=C(\C=C)c1ccc(N(c2ccc(-c3cc4ccccc4cn3)cc2)c2cc(Br)cc3c2oc2ccccc23)cc1. The highest BCUT2D eigenvalue weighted by Gasteiger charge is 2.20. The molecule has 7 rings (SSSR count). The van der Waals surface area contributed by atoms with Crippen LogP contribution in [0.3, 0.4) is 0 Å². The Morgan fingerprint density at radius 1 is 0.744 bits per heavy atom. The molecule has 0 saturated heterocycles. The van der Waals surface area contributed by atoms with Gasteiger partial charge in [0.1, 0.15) is 5.58 Å². The van der Waals surface area contributed by atoms with Crippen molar-refractivity contribution < 1.29 is 4.42 Å². The number of allylic oxidation sites excluding steroid dienone is 4. The van der Waals surface area contributed by atoms with E-state index in [-0.39, 0.29) is 0 Å². The first-order valence-electron chi connectivity index (χ1n) is 14.0. The highest BCUT2D eigenvalue weighted by atomic mass is 79.9. The molecule has 7 aromatic rings. The van der Waals surface area contributed by atoms with Crippen LogP contribution in [0.25, 0.3) is 49.5 Å². The molecule has 0 aliphatic rings. The van der Waals surface area contributed by atoms with Crippen LogP contribution in [0.5, 0.6) is 0 Å². The van der Waals surface area contributed by atoms with Gasteiger partial charge in [-0.3, -0.25) is 4.98 Å². The number of anilines is 3. The summed E-state index contributed by atoms with van der Waals surface area (Å²) in [4.78, 5) is 6.98. The van der Waals surface area contributed by atoms with Gasteiger partial charge in [0.2, 0.25) is 0 Å². The molecular formula is C39H27BrN2O. The molecule has 2 aromatic heterocycles. The number of rotatable bonds is 7. The summed E-state index contributed by atoms with van der Waals surface area (Å²) in [6.45, 7) is 7.82. The summed E-state index contributed by atoms with van der Waals surface area (Å²) >= 11 is 3.78. The van der Waals surface area contributed by atoms with E-state index in [1.165, 1.54) is 5.39 Å². The predicted molar refractivity (Wildman–Crippen MR) is 185 cm³/mol. The monoisotopic (exact) mass is 618 g/mol. The number of hydrogen-bond acceptors (Lipinski definition) is 3. The van der Waals surface area contributed by atoms with Crippen molar-refractivity contribution in [3.63, 3.8) is 0 Å². The Labute approximate surface area is 258 Å². The zero-order valence-electron chi connectivity index (χ0n) is 23.4. The van der Waals surface area contributed by atoms with Gasteiger partial charge in [0, 0.05) is 43.8 Å². The average Bonchev–Trinajstić information content (AvgIpc) is 3.43. The van der Waals surface area contributed by atoms with E-state index in [1.54, 1.807) is 6.08 Å². The quantitative estimate of drug-likeness (QED) is 0.166. The largest absolute Gasteiger partial charge is 0.454 e. The van der Waals surface area contributed by atoms with Crippen molar-refractivity contribution in [1.82, 2.24) is 4.98 Å². The molecule has 0 atom stereocenters. The van der Waals surface area contributed by atoms with Crippen LogP contribution < -0.4 is 4.90 Å². The minimum Gasteiger partial charge on any atom is -0.454 e. The summed E-state index contributed by atoms with van der Waals surface area (Å²) in [5.74, 6) is 0. The van der Waals surface area contributed by atoms with Gasteiger partial charge in [0.05, 0.1) is 11.4 Å². The summed E-state index contributed by atoms with van der Waals surface area (Å²) in [7, 11) is 0.